The van der Waals surface area contributed by atoms with Crippen LogP contribution in [0.2, 0.25) is 0 Å². The topological polar surface area (TPSA) is 58.8 Å². The summed E-state index contributed by atoms with van der Waals surface area (Å²) in [6.07, 6.45) is 7.77. The normalized spacial score (nSPS) is 26.4. The summed E-state index contributed by atoms with van der Waals surface area (Å²) in [7, 11) is 0. The number of nitrogens with zero attached hydrogens (tertiary/aromatic N) is 1. The molecule has 7 heteroatoms. The van der Waals surface area contributed by atoms with E-state index in [-0.39, 0.29) is 24.0 Å². The number of halogens is 1. The molecule has 0 aliphatic carbocycles. The zero-order valence-corrected chi connectivity index (χ0v) is 18.1. The Hall–Kier alpha value is -0.410. The largest absolute Gasteiger partial charge is 0.469 e. The third-order valence-corrected chi connectivity index (χ3v) is 6.16. The smallest absolute Gasteiger partial charge is 0.191 e. The van der Waals surface area contributed by atoms with Gasteiger partial charge in [0.25, 0.3) is 0 Å². The molecule has 142 valence electrons. The number of ether oxygens (including phenoxy) is 1. The van der Waals surface area contributed by atoms with Crippen molar-refractivity contribution in [2.75, 3.05) is 32.0 Å². The highest BCUT2D eigenvalue weighted by Gasteiger charge is 2.29. The van der Waals surface area contributed by atoms with Gasteiger partial charge in [0.15, 0.2) is 5.96 Å². The fourth-order valence-corrected chi connectivity index (χ4v) is 4.38. The molecule has 0 saturated carbocycles. The minimum atomic E-state index is 0. The first-order chi connectivity index (χ1) is 11.7. The highest BCUT2D eigenvalue weighted by atomic mass is 127. The molecule has 2 unspecified atom stereocenters. The predicted octanol–water partition coefficient (Wildman–Crippen LogP) is 3.44. The molecule has 0 aromatic carbocycles. The van der Waals surface area contributed by atoms with Crippen LogP contribution < -0.4 is 10.6 Å². The summed E-state index contributed by atoms with van der Waals surface area (Å²) in [5.74, 6) is 3.15. The number of furan rings is 1. The predicted molar refractivity (Wildman–Crippen MR) is 115 cm³/mol. The van der Waals surface area contributed by atoms with Gasteiger partial charge in [-0.15, -0.1) is 24.0 Å². The van der Waals surface area contributed by atoms with Gasteiger partial charge in [0.05, 0.1) is 18.9 Å². The van der Waals surface area contributed by atoms with Crippen LogP contribution in [0, 0.1) is 0 Å². The number of aliphatic imine (C=N–C) groups is 1. The standard InChI is InChI=1S/C18H29N3O2S.HI/c1-18(8-4-12-24-18)14-21-17(20-13-16-6-3-11-23-16)19-9-7-15-5-2-10-22-15;/h2,5,10,16H,3-4,6-9,11-14H2,1H3,(H2,19,20,21);1H. The Kier molecular flexibility index (Phi) is 8.92. The molecule has 1 aromatic heterocycles. The van der Waals surface area contributed by atoms with E-state index < -0.39 is 0 Å². The van der Waals surface area contributed by atoms with Crippen molar-refractivity contribution in [3.63, 3.8) is 0 Å². The van der Waals surface area contributed by atoms with Gasteiger partial charge in [0.2, 0.25) is 0 Å². The Bertz CT molecular complexity index is 512. The van der Waals surface area contributed by atoms with E-state index in [1.165, 1.54) is 25.0 Å². The SMILES string of the molecule is CC1(CN=C(NCCc2ccco2)NCC2CCCO2)CCCS1.I. The van der Waals surface area contributed by atoms with E-state index in [1.54, 1.807) is 6.26 Å². The second-order valence-corrected chi connectivity index (χ2v) is 8.52. The molecular weight excluding hydrogens is 449 g/mol. The molecule has 3 rings (SSSR count). The van der Waals surface area contributed by atoms with Crippen LogP contribution in [0.15, 0.2) is 27.8 Å². The quantitative estimate of drug-likeness (QED) is 0.357. The maximum Gasteiger partial charge on any atom is 0.191 e. The molecule has 0 amide bonds. The van der Waals surface area contributed by atoms with Crippen LogP contribution in [0.5, 0.6) is 0 Å². The Morgan fingerprint density at radius 1 is 1.40 bits per heavy atom. The third-order valence-electron chi connectivity index (χ3n) is 4.64. The average Bonchev–Trinajstić information content (AvgIpc) is 3.32. The maximum absolute atomic E-state index is 5.70. The number of hydrogen-bond acceptors (Lipinski definition) is 4. The van der Waals surface area contributed by atoms with E-state index in [2.05, 4.69) is 17.6 Å². The molecule has 2 fully saturated rings. The van der Waals surface area contributed by atoms with Gasteiger partial charge in [-0.05, 0) is 50.5 Å². The van der Waals surface area contributed by atoms with E-state index in [1.807, 2.05) is 23.9 Å². The van der Waals surface area contributed by atoms with Crippen LogP contribution in [0.25, 0.3) is 0 Å². The summed E-state index contributed by atoms with van der Waals surface area (Å²) in [6.45, 7) is 5.72. The highest BCUT2D eigenvalue weighted by Crippen LogP contribution is 2.37. The van der Waals surface area contributed by atoms with Gasteiger partial charge in [-0.3, -0.25) is 4.99 Å². The molecule has 0 spiro atoms. The average molecular weight is 479 g/mol. The van der Waals surface area contributed by atoms with Gasteiger partial charge in [-0.25, -0.2) is 0 Å². The lowest BCUT2D eigenvalue weighted by molar-refractivity contribution is 0.114. The first-order valence-electron chi connectivity index (χ1n) is 9.04. The summed E-state index contributed by atoms with van der Waals surface area (Å²) < 4.78 is 11.4. The van der Waals surface area contributed by atoms with Crippen molar-refractivity contribution in [2.24, 2.45) is 4.99 Å². The first-order valence-corrected chi connectivity index (χ1v) is 10.0. The van der Waals surface area contributed by atoms with Crippen molar-refractivity contribution >= 4 is 41.7 Å². The lowest BCUT2D eigenvalue weighted by Gasteiger charge is -2.21. The van der Waals surface area contributed by atoms with Crippen LogP contribution >= 0.6 is 35.7 Å². The van der Waals surface area contributed by atoms with Crippen LogP contribution in [-0.2, 0) is 11.2 Å². The van der Waals surface area contributed by atoms with Crippen LogP contribution in [-0.4, -0.2) is 48.8 Å². The molecule has 3 heterocycles. The van der Waals surface area contributed by atoms with Gasteiger partial charge in [-0.2, -0.15) is 11.8 Å². The molecule has 25 heavy (non-hydrogen) atoms. The number of guanidine groups is 1. The van der Waals surface area contributed by atoms with Gasteiger partial charge >= 0.3 is 0 Å². The van der Waals surface area contributed by atoms with Crippen molar-refractivity contribution in [2.45, 2.75) is 49.9 Å². The van der Waals surface area contributed by atoms with E-state index in [0.717, 1.165) is 50.8 Å². The van der Waals surface area contributed by atoms with Gasteiger partial charge < -0.3 is 19.8 Å². The van der Waals surface area contributed by atoms with Gasteiger partial charge in [0.1, 0.15) is 5.76 Å². The molecule has 1 aromatic rings. The molecule has 2 saturated heterocycles. The fraction of sp³-hybridized carbons (Fsp3) is 0.722. The fourth-order valence-electron chi connectivity index (χ4n) is 3.16. The zero-order valence-electron chi connectivity index (χ0n) is 15.0. The van der Waals surface area contributed by atoms with Crippen LogP contribution in [0.1, 0.15) is 38.4 Å². The highest BCUT2D eigenvalue weighted by molar-refractivity contribution is 14.0. The molecule has 2 aliphatic heterocycles. The Balaban J connectivity index is 0.00000225. The summed E-state index contributed by atoms with van der Waals surface area (Å²) in [4.78, 5) is 4.84. The summed E-state index contributed by atoms with van der Waals surface area (Å²) in [6, 6.07) is 3.94. The third kappa shape index (κ3) is 7.02. The molecule has 5 nitrogen and oxygen atoms in total. The van der Waals surface area contributed by atoms with E-state index in [0.29, 0.717) is 10.9 Å². The Labute approximate surface area is 172 Å². The Morgan fingerprint density at radius 3 is 3.00 bits per heavy atom. The minimum absolute atomic E-state index is 0. The number of thioether (sulfide) groups is 1. The maximum atomic E-state index is 5.70. The molecule has 0 radical (unpaired) electrons. The summed E-state index contributed by atoms with van der Waals surface area (Å²) in [5.41, 5.74) is 0. The monoisotopic (exact) mass is 479 g/mol. The number of rotatable bonds is 7. The van der Waals surface area contributed by atoms with Crippen LogP contribution in [0.4, 0.5) is 0 Å². The van der Waals surface area contributed by atoms with Crippen molar-refractivity contribution in [1.82, 2.24) is 10.6 Å². The molecule has 2 atom stereocenters. The second-order valence-electron chi connectivity index (χ2n) is 6.84. The number of nitrogens with one attached hydrogen (secondary N) is 2. The Morgan fingerprint density at radius 2 is 2.32 bits per heavy atom. The molecule has 2 aliphatic rings. The molecule has 0 bridgehead atoms. The van der Waals surface area contributed by atoms with Gasteiger partial charge in [0, 0.05) is 30.9 Å². The lowest BCUT2D eigenvalue weighted by atomic mass is 10.1. The first kappa shape index (κ1) is 20.9. The summed E-state index contributed by atoms with van der Waals surface area (Å²) in [5, 5.41) is 6.89. The number of hydrogen-bond donors (Lipinski definition) is 2. The summed E-state index contributed by atoms with van der Waals surface area (Å²) >= 11 is 2.05. The van der Waals surface area contributed by atoms with Crippen molar-refractivity contribution in [3.8, 4) is 0 Å². The van der Waals surface area contributed by atoms with Crippen molar-refractivity contribution in [1.29, 1.82) is 0 Å². The zero-order chi connectivity index (χ0) is 16.7. The van der Waals surface area contributed by atoms with Crippen molar-refractivity contribution < 1.29 is 9.15 Å². The van der Waals surface area contributed by atoms with Crippen molar-refractivity contribution in [3.05, 3.63) is 24.2 Å². The van der Waals surface area contributed by atoms with E-state index in [4.69, 9.17) is 14.1 Å². The van der Waals surface area contributed by atoms with Gasteiger partial charge in [-0.1, -0.05) is 0 Å². The minimum Gasteiger partial charge on any atom is -0.469 e. The lowest BCUT2D eigenvalue weighted by Crippen LogP contribution is -2.42. The van der Waals surface area contributed by atoms with E-state index in [9.17, 15) is 0 Å². The molecular formula is C18H30IN3O2S. The van der Waals surface area contributed by atoms with E-state index >= 15 is 0 Å². The van der Waals surface area contributed by atoms with Crippen LogP contribution in [0.3, 0.4) is 0 Å². The second kappa shape index (κ2) is 10.7. The molecule has 2 N–H and O–H groups in total.